The minimum atomic E-state index is -0.830. The van der Waals surface area contributed by atoms with Gasteiger partial charge in [-0.1, -0.05) is 13.0 Å². The molecule has 0 aliphatic carbocycles. The van der Waals surface area contributed by atoms with Crippen molar-refractivity contribution in [1.82, 2.24) is 4.90 Å². The molecule has 0 saturated carbocycles. The van der Waals surface area contributed by atoms with Gasteiger partial charge in [-0.3, -0.25) is 4.90 Å². The number of likely N-dealkylation sites (N-methyl/N-ethyl adjacent to an activating group) is 1. The number of aliphatic hydroxyl groups excluding tert-OH is 1. The van der Waals surface area contributed by atoms with Crippen LogP contribution < -0.4 is 0 Å². The zero-order chi connectivity index (χ0) is 11.3. The lowest BCUT2D eigenvalue weighted by molar-refractivity contribution is 0.196. The van der Waals surface area contributed by atoms with Crippen molar-refractivity contribution in [3.63, 3.8) is 0 Å². The Balaban J connectivity index is 2.66. The predicted octanol–water partition coefficient (Wildman–Crippen LogP) is 1.78. The van der Waals surface area contributed by atoms with E-state index in [0.29, 0.717) is 18.7 Å². The van der Waals surface area contributed by atoms with E-state index in [4.69, 9.17) is 5.11 Å². The summed E-state index contributed by atoms with van der Waals surface area (Å²) in [6.45, 7) is 3.84. The molecule has 15 heavy (non-hydrogen) atoms. The van der Waals surface area contributed by atoms with Crippen molar-refractivity contribution < 1.29 is 13.9 Å². The summed E-state index contributed by atoms with van der Waals surface area (Å²) in [5, 5.41) is 8.77. The third kappa shape index (κ3) is 3.57. The Morgan fingerprint density at radius 3 is 2.53 bits per heavy atom. The topological polar surface area (TPSA) is 23.5 Å². The molecule has 84 valence electrons. The van der Waals surface area contributed by atoms with Crippen LogP contribution in [0.3, 0.4) is 0 Å². The highest BCUT2D eigenvalue weighted by Crippen LogP contribution is 2.10. The average molecular weight is 215 g/mol. The molecular formula is C11H15F2NO. The third-order valence-electron chi connectivity index (χ3n) is 2.25. The molecule has 1 aromatic carbocycles. The van der Waals surface area contributed by atoms with E-state index in [1.807, 2.05) is 11.8 Å². The van der Waals surface area contributed by atoms with Gasteiger partial charge in [0.1, 0.15) is 0 Å². The fraction of sp³-hybridized carbons (Fsp3) is 0.455. The molecule has 0 bridgehead atoms. The molecule has 0 saturated heterocycles. The van der Waals surface area contributed by atoms with Crippen molar-refractivity contribution in [1.29, 1.82) is 0 Å². The lowest BCUT2D eigenvalue weighted by atomic mass is 10.2. The van der Waals surface area contributed by atoms with Gasteiger partial charge < -0.3 is 5.11 Å². The molecule has 0 fully saturated rings. The third-order valence-corrected chi connectivity index (χ3v) is 2.25. The standard InChI is InChI=1S/C11H15F2NO/c1-2-14(5-6-15)8-9-3-4-10(12)11(13)7-9/h3-4,7,15H,2,5-6,8H2,1H3. The van der Waals surface area contributed by atoms with Crippen molar-refractivity contribution in [3.05, 3.63) is 35.4 Å². The molecule has 0 aromatic heterocycles. The largest absolute Gasteiger partial charge is 0.395 e. The highest BCUT2D eigenvalue weighted by molar-refractivity contribution is 5.17. The van der Waals surface area contributed by atoms with E-state index in [1.165, 1.54) is 6.07 Å². The number of hydrogen-bond donors (Lipinski definition) is 1. The summed E-state index contributed by atoms with van der Waals surface area (Å²) in [6.07, 6.45) is 0. The van der Waals surface area contributed by atoms with Crippen LogP contribution in [0, 0.1) is 11.6 Å². The fourth-order valence-electron chi connectivity index (χ4n) is 1.39. The molecule has 4 heteroatoms. The molecule has 2 nitrogen and oxygen atoms in total. The van der Waals surface area contributed by atoms with Crippen LogP contribution in [-0.2, 0) is 6.54 Å². The Morgan fingerprint density at radius 1 is 1.27 bits per heavy atom. The molecule has 0 amide bonds. The first-order valence-electron chi connectivity index (χ1n) is 4.94. The quantitative estimate of drug-likeness (QED) is 0.809. The number of benzene rings is 1. The summed E-state index contributed by atoms with van der Waals surface area (Å²) in [5.74, 6) is -1.66. The van der Waals surface area contributed by atoms with Gasteiger partial charge in [0.05, 0.1) is 6.61 Å². The van der Waals surface area contributed by atoms with Crippen LogP contribution in [0.2, 0.25) is 0 Å². The van der Waals surface area contributed by atoms with E-state index in [2.05, 4.69) is 0 Å². The molecule has 1 rings (SSSR count). The smallest absolute Gasteiger partial charge is 0.159 e. The van der Waals surface area contributed by atoms with E-state index in [0.717, 1.165) is 12.6 Å². The number of halogens is 2. The molecule has 0 radical (unpaired) electrons. The Hall–Kier alpha value is -1.00. The summed E-state index contributed by atoms with van der Waals surface area (Å²) in [5.41, 5.74) is 0.712. The van der Waals surface area contributed by atoms with Crippen molar-refractivity contribution in [2.45, 2.75) is 13.5 Å². The second kappa shape index (κ2) is 5.78. The van der Waals surface area contributed by atoms with Crippen molar-refractivity contribution in [2.24, 2.45) is 0 Å². The first-order chi connectivity index (χ1) is 7.17. The maximum absolute atomic E-state index is 12.9. The van der Waals surface area contributed by atoms with Crippen LogP contribution in [-0.4, -0.2) is 29.7 Å². The summed E-state index contributed by atoms with van der Waals surface area (Å²) in [6, 6.07) is 3.87. The Kier molecular flexibility index (Phi) is 4.65. The molecule has 1 N–H and O–H groups in total. The maximum atomic E-state index is 12.9. The second-order valence-corrected chi connectivity index (χ2v) is 3.34. The predicted molar refractivity (Wildman–Crippen MR) is 54.4 cm³/mol. The SMILES string of the molecule is CCN(CCO)Cc1ccc(F)c(F)c1. The molecule has 1 aromatic rings. The van der Waals surface area contributed by atoms with Gasteiger partial charge in [0, 0.05) is 13.1 Å². The Morgan fingerprint density at radius 2 is 2.00 bits per heavy atom. The second-order valence-electron chi connectivity index (χ2n) is 3.34. The van der Waals surface area contributed by atoms with Crippen LogP contribution in [0.5, 0.6) is 0 Å². The number of rotatable bonds is 5. The van der Waals surface area contributed by atoms with Gasteiger partial charge in [-0.2, -0.15) is 0 Å². The Labute approximate surface area is 88.1 Å². The summed E-state index contributed by atoms with van der Waals surface area (Å²) in [4.78, 5) is 1.95. The van der Waals surface area contributed by atoms with Crippen LogP contribution in [0.25, 0.3) is 0 Å². The molecule has 0 unspecified atom stereocenters. The minimum absolute atomic E-state index is 0.0670. The van der Waals surface area contributed by atoms with Gasteiger partial charge in [-0.25, -0.2) is 8.78 Å². The highest BCUT2D eigenvalue weighted by atomic mass is 19.2. The number of aliphatic hydroxyl groups is 1. The van der Waals surface area contributed by atoms with Gasteiger partial charge in [0.15, 0.2) is 11.6 Å². The van der Waals surface area contributed by atoms with E-state index < -0.39 is 11.6 Å². The molecule has 0 spiro atoms. The van der Waals surface area contributed by atoms with E-state index >= 15 is 0 Å². The van der Waals surface area contributed by atoms with E-state index in [-0.39, 0.29) is 6.61 Å². The van der Waals surface area contributed by atoms with Crippen LogP contribution >= 0.6 is 0 Å². The summed E-state index contributed by atoms with van der Waals surface area (Å²) < 4.78 is 25.5. The number of hydrogen-bond acceptors (Lipinski definition) is 2. The molecule has 0 aliphatic rings. The van der Waals surface area contributed by atoms with Crippen LogP contribution in [0.15, 0.2) is 18.2 Å². The van der Waals surface area contributed by atoms with Gasteiger partial charge in [0.25, 0.3) is 0 Å². The zero-order valence-electron chi connectivity index (χ0n) is 8.71. The lowest BCUT2D eigenvalue weighted by Crippen LogP contribution is -2.26. The molecule has 0 atom stereocenters. The van der Waals surface area contributed by atoms with Gasteiger partial charge in [-0.05, 0) is 24.2 Å². The first-order valence-corrected chi connectivity index (χ1v) is 4.94. The highest BCUT2D eigenvalue weighted by Gasteiger charge is 2.06. The monoisotopic (exact) mass is 215 g/mol. The maximum Gasteiger partial charge on any atom is 0.159 e. The van der Waals surface area contributed by atoms with Gasteiger partial charge >= 0.3 is 0 Å². The van der Waals surface area contributed by atoms with E-state index in [9.17, 15) is 8.78 Å². The Bertz CT molecular complexity index is 317. The minimum Gasteiger partial charge on any atom is -0.395 e. The van der Waals surface area contributed by atoms with Gasteiger partial charge in [-0.15, -0.1) is 0 Å². The van der Waals surface area contributed by atoms with Crippen molar-refractivity contribution in [2.75, 3.05) is 19.7 Å². The first kappa shape index (κ1) is 12.1. The molecule has 0 aliphatic heterocycles. The molecular weight excluding hydrogens is 200 g/mol. The average Bonchev–Trinajstić information content (AvgIpc) is 2.23. The fourth-order valence-corrected chi connectivity index (χ4v) is 1.39. The van der Waals surface area contributed by atoms with Crippen molar-refractivity contribution >= 4 is 0 Å². The van der Waals surface area contributed by atoms with Crippen LogP contribution in [0.1, 0.15) is 12.5 Å². The lowest BCUT2D eigenvalue weighted by Gasteiger charge is -2.18. The van der Waals surface area contributed by atoms with Crippen molar-refractivity contribution in [3.8, 4) is 0 Å². The van der Waals surface area contributed by atoms with Gasteiger partial charge in [0.2, 0.25) is 0 Å². The van der Waals surface area contributed by atoms with E-state index in [1.54, 1.807) is 6.07 Å². The summed E-state index contributed by atoms with van der Waals surface area (Å²) >= 11 is 0. The normalized spacial score (nSPS) is 11.0. The summed E-state index contributed by atoms with van der Waals surface area (Å²) in [7, 11) is 0. The zero-order valence-corrected chi connectivity index (χ0v) is 8.71. The number of nitrogens with zero attached hydrogens (tertiary/aromatic N) is 1. The molecule has 0 heterocycles. The van der Waals surface area contributed by atoms with Crippen LogP contribution in [0.4, 0.5) is 8.78 Å².